The van der Waals surface area contributed by atoms with Crippen LogP contribution in [0.25, 0.3) is 0 Å². The molecule has 0 aliphatic carbocycles. The van der Waals surface area contributed by atoms with Crippen LogP contribution in [0.15, 0.2) is 58.0 Å². The predicted octanol–water partition coefficient (Wildman–Crippen LogP) is 5.03. The molecule has 1 atom stereocenters. The van der Waals surface area contributed by atoms with E-state index in [0.29, 0.717) is 11.7 Å². The van der Waals surface area contributed by atoms with Crippen LogP contribution >= 0.6 is 50.3 Å². The number of amidine groups is 1. The van der Waals surface area contributed by atoms with E-state index in [1.54, 1.807) is 4.90 Å². The van der Waals surface area contributed by atoms with Gasteiger partial charge in [-0.1, -0.05) is 27.7 Å². The van der Waals surface area contributed by atoms with Crippen LogP contribution in [0.4, 0.5) is 11.4 Å². The first-order chi connectivity index (χ1) is 13.0. The summed E-state index contributed by atoms with van der Waals surface area (Å²) in [7, 11) is 0. The van der Waals surface area contributed by atoms with Crippen LogP contribution < -0.4 is 5.32 Å². The average Bonchev–Trinajstić information content (AvgIpc) is 2.65. The molecule has 2 aromatic carbocycles. The number of hydrogen-bond acceptors (Lipinski definition) is 4. The first-order valence-electron chi connectivity index (χ1n) is 8.34. The molecule has 1 N–H and O–H groups in total. The standard InChI is InChI=1S/C19H17BrIN3O2S/c1-2-24-17(25)11-16(18(26)22-14-9-5-13(21)6-10-14)27-19(24)23-15-7-3-12(20)4-8-15/h3-10,16H,2,11H2,1H3,(H,22,26). The normalized spacial score (nSPS) is 18.6. The third kappa shape index (κ3) is 5.32. The number of anilines is 1. The second-order valence-electron chi connectivity index (χ2n) is 5.82. The van der Waals surface area contributed by atoms with Crippen molar-refractivity contribution in [2.24, 2.45) is 4.99 Å². The quantitative estimate of drug-likeness (QED) is 0.536. The van der Waals surface area contributed by atoms with Gasteiger partial charge in [0.2, 0.25) is 11.8 Å². The predicted molar refractivity (Wildman–Crippen MR) is 122 cm³/mol. The van der Waals surface area contributed by atoms with Crippen molar-refractivity contribution in [3.05, 3.63) is 56.6 Å². The lowest BCUT2D eigenvalue weighted by Gasteiger charge is -2.30. The third-order valence-corrected chi connectivity index (χ3v) is 6.35. The second kappa shape index (κ2) is 9.20. The number of amides is 2. The van der Waals surface area contributed by atoms with Crippen molar-refractivity contribution in [2.45, 2.75) is 18.6 Å². The number of carbonyl (C=O) groups is 2. The summed E-state index contributed by atoms with van der Waals surface area (Å²) in [6.07, 6.45) is 0.161. The lowest BCUT2D eigenvalue weighted by Crippen LogP contribution is -2.45. The first-order valence-corrected chi connectivity index (χ1v) is 11.1. The molecule has 2 aromatic rings. The molecule has 0 saturated carbocycles. The maximum Gasteiger partial charge on any atom is 0.238 e. The van der Waals surface area contributed by atoms with Crippen molar-refractivity contribution in [3.8, 4) is 0 Å². The zero-order valence-corrected chi connectivity index (χ0v) is 19.0. The van der Waals surface area contributed by atoms with E-state index in [4.69, 9.17) is 0 Å². The Balaban J connectivity index is 1.79. The fourth-order valence-corrected chi connectivity index (χ4v) is 4.32. The highest BCUT2D eigenvalue weighted by atomic mass is 127. The van der Waals surface area contributed by atoms with Gasteiger partial charge in [-0.15, -0.1) is 0 Å². The molecule has 2 amide bonds. The van der Waals surface area contributed by atoms with Gasteiger partial charge in [0.05, 0.1) is 5.69 Å². The number of thioether (sulfide) groups is 1. The summed E-state index contributed by atoms with van der Waals surface area (Å²) < 4.78 is 2.05. The molecule has 3 rings (SSSR count). The van der Waals surface area contributed by atoms with Crippen molar-refractivity contribution in [1.29, 1.82) is 0 Å². The number of aliphatic imine (C=N–C) groups is 1. The molecule has 0 bridgehead atoms. The van der Waals surface area contributed by atoms with Crippen molar-refractivity contribution < 1.29 is 9.59 Å². The average molecular weight is 558 g/mol. The van der Waals surface area contributed by atoms with Crippen LogP contribution in [0, 0.1) is 3.57 Å². The van der Waals surface area contributed by atoms with Crippen LogP contribution in [0.5, 0.6) is 0 Å². The summed E-state index contributed by atoms with van der Waals surface area (Å²) >= 11 is 6.94. The summed E-state index contributed by atoms with van der Waals surface area (Å²) in [5.41, 5.74) is 1.46. The molecule has 8 heteroatoms. The van der Waals surface area contributed by atoms with E-state index >= 15 is 0 Å². The number of nitrogens with one attached hydrogen (secondary N) is 1. The fourth-order valence-electron chi connectivity index (χ4n) is 2.53. The van der Waals surface area contributed by atoms with E-state index in [0.717, 1.165) is 19.4 Å². The lowest BCUT2D eigenvalue weighted by molar-refractivity contribution is -0.129. The molecule has 27 heavy (non-hydrogen) atoms. The number of rotatable bonds is 4. The number of carbonyl (C=O) groups excluding carboxylic acids is 2. The Morgan fingerprint density at radius 2 is 1.93 bits per heavy atom. The summed E-state index contributed by atoms with van der Waals surface area (Å²) in [6, 6.07) is 15.1. The van der Waals surface area contributed by atoms with E-state index < -0.39 is 5.25 Å². The van der Waals surface area contributed by atoms with Crippen molar-refractivity contribution >= 4 is 78.6 Å². The summed E-state index contributed by atoms with van der Waals surface area (Å²) in [5, 5.41) is 2.94. The smallest absolute Gasteiger partial charge is 0.238 e. The Morgan fingerprint density at radius 3 is 2.56 bits per heavy atom. The van der Waals surface area contributed by atoms with Crippen molar-refractivity contribution in [1.82, 2.24) is 4.90 Å². The molecule has 1 heterocycles. The highest BCUT2D eigenvalue weighted by Gasteiger charge is 2.35. The largest absolute Gasteiger partial charge is 0.325 e. The van der Waals surface area contributed by atoms with Gasteiger partial charge < -0.3 is 5.32 Å². The molecule has 1 fully saturated rings. The molecule has 1 aliphatic rings. The highest BCUT2D eigenvalue weighted by Crippen LogP contribution is 2.30. The lowest BCUT2D eigenvalue weighted by atomic mass is 10.2. The van der Waals surface area contributed by atoms with Gasteiger partial charge in [-0.05, 0) is 78.0 Å². The van der Waals surface area contributed by atoms with Gasteiger partial charge in [0, 0.05) is 26.7 Å². The molecule has 0 aromatic heterocycles. The van der Waals surface area contributed by atoms with Gasteiger partial charge in [0.15, 0.2) is 5.17 Å². The number of halogens is 2. The molecule has 140 valence electrons. The molecule has 0 radical (unpaired) electrons. The van der Waals surface area contributed by atoms with E-state index in [2.05, 4.69) is 48.8 Å². The minimum Gasteiger partial charge on any atom is -0.325 e. The SMILES string of the molecule is CCN1C(=O)CC(C(=O)Nc2ccc(I)cc2)SC1=Nc1ccc(Br)cc1. The summed E-state index contributed by atoms with van der Waals surface area (Å²) in [5.74, 6) is -0.274. The Morgan fingerprint density at radius 1 is 1.26 bits per heavy atom. The molecule has 0 spiro atoms. The van der Waals surface area contributed by atoms with Crippen LogP contribution in [-0.4, -0.2) is 33.7 Å². The minimum atomic E-state index is -0.506. The molecule has 1 saturated heterocycles. The van der Waals surface area contributed by atoms with Crippen LogP contribution in [0.3, 0.4) is 0 Å². The van der Waals surface area contributed by atoms with Crippen LogP contribution in [0.2, 0.25) is 0 Å². The topological polar surface area (TPSA) is 61.8 Å². The molecule has 1 aliphatic heterocycles. The fraction of sp³-hybridized carbons (Fsp3) is 0.211. The van der Waals surface area contributed by atoms with E-state index in [1.807, 2.05) is 55.5 Å². The number of hydrogen-bond donors (Lipinski definition) is 1. The number of benzene rings is 2. The monoisotopic (exact) mass is 557 g/mol. The van der Waals surface area contributed by atoms with Gasteiger partial charge in [0.25, 0.3) is 0 Å². The maximum atomic E-state index is 12.7. The molecular weight excluding hydrogens is 541 g/mol. The Hall–Kier alpha value is -1.39. The van der Waals surface area contributed by atoms with Gasteiger partial charge in [-0.25, -0.2) is 4.99 Å². The van der Waals surface area contributed by atoms with Crippen molar-refractivity contribution in [3.63, 3.8) is 0 Å². The van der Waals surface area contributed by atoms with Gasteiger partial charge in [-0.2, -0.15) is 0 Å². The Kier molecular flexibility index (Phi) is 6.93. The zero-order chi connectivity index (χ0) is 19.4. The number of nitrogens with zero attached hydrogens (tertiary/aromatic N) is 2. The first kappa shape index (κ1) is 20.3. The zero-order valence-electron chi connectivity index (χ0n) is 14.5. The second-order valence-corrected chi connectivity index (χ2v) is 9.15. The van der Waals surface area contributed by atoms with Gasteiger partial charge in [0.1, 0.15) is 5.25 Å². The van der Waals surface area contributed by atoms with Crippen molar-refractivity contribution in [2.75, 3.05) is 11.9 Å². The summed E-state index contributed by atoms with van der Waals surface area (Å²) in [4.78, 5) is 31.4. The highest BCUT2D eigenvalue weighted by molar-refractivity contribution is 14.1. The van der Waals surface area contributed by atoms with E-state index in [1.165, 1.54) is 11.8 Å². The summed E-state index contributed by atoms with van der Waals surface area (Å²) in [6.45, 7) is 2.42. The van der Waals surface area contributed by atoms with Gasteiger partial charge in [-0.3, -0.25) is 14.5 Å². The molecule has 5 nitrogen and oxygen atoms in total. The van der Waals surface area contributed by atoms with Crippen LogP contribution in [0.1, 0.15) is 13.3 Å². The molecular formula is C19H17BrIN3O2S. The van der Waals surface area contributed by atoms with Crippen LogP contribution in [-0.2, 0) is 9.59 Å². The maximum absolute atomic E-state index is 12.7. The Bertz CT molecular complexity index is 872. The minimum absolute atomic E-state index is 0.0881. The Labute approximate surface area is 184 Å². The van der Waals surface area contributed by atoms with E-state index in [-0.39, 0.29) is 18.2 Å². The molecule has 1 unspecified atom stereocenters. The van der Waals surface area contributed by atoms with Gasteiger partial charge >= 0.3 is 0 Å². The van der Waals surface area contributed by atoms with E-state index in [9.17, 15) is 9.59 Å². The third-order valence-electron chi connectivity index (χ3n) is 3.91.